The fraction of sp³-hybridized carbons (Fsp3) is 0.889. The van der Waals surface area contributed by atoms with Gasteiger partial charge in [-0.2, -0.15) is 0 Å². The van der Waals surface area contributed by atoms with E-state index in [2.05, 4.69) is 5.32 Å². The molecule has 4 heteroatoms. The van der Waals surface area contributed by atoms with Crippen molar-refractivity contribution in [2.24, 2.45) is 5.41 Å². The van der Waals surface area contributed by atoms with Crippen LogP contribution in [0.1, 0.15) is 27.2 Å². The summed E-state index contributed by atoms with van der Waals surface area (Å²) in [6, 6.07) is -0.543. The molecule has 0 atom stereocenters. The van der Waals surface area contributed by atoms with Crippen LogP contribution in [-0.2, 0) is 4.79 Å². The number of aliphatic hydroxyl groups excluding tert-OH is 2. The van der Waals surface area contributed by atoms with Gasteiger partial charge in [0.15, 0.2) is 0 Å². The van der Waals surface area contributed by atoms with Crippen LogP contribution in [-0.4, -0.2) is 35.4 Å². The molecule has 0 radical (unpaired) electrons. The zero-order valence-electron chi connectivity index (χ0n) is 8.50. The second-order valence-electron chi connectivity index (χ2n) is 3.77. The molecule has 0 bridgehead atoms. The first-order valence-corrected chi connectivity index (χ1v) is 4.50. The van der Waals surface area contributed by atoms with Crippen molar-refractivity contribution in [3.05, 3.63) is 0 Å². The average Bonchev–Trinajstić information content (AvgIpc) is 2.13. The number of carbonyl (C=O) groups excluding carboxylic acids is 1. The number of hydrogen-bond donors (Lipinski definition) is 3. The fourth-order valence-electron chi connectivity index (χ4n) is 0.690. The summed E-state index contributed by atoms with van der Waals surface area (Å²) in [7, 11) is 0. The van der Waals surface area contributed by atoms with Crippen molar-refractivity contribution in [2.45, 2.75) is 33.2 Å². The lowest BCUT2D eigenvalue weighted by atomic mass is 9.89. The Morgan fingerprint density at radius 3 is 2.15 bits per heavy atom. The summed E-state index contributed by atoms with van der Waals surface area (Å²) in [4.78, 5) is 11.5. The standard InChI is InChI=1S/C9H19NO3/c1-4-9(2,3)8(13)10-7(5-11)6-12/h7,11-12H,4-6H2,1-3H3,(H,10,13). The van der Waals surface area contributed by atoms with Gasteiger partial charge in [-0.15, -0.1) is 0 Å². The first-order chi connectivity index (χ1) is 5.97. The van der Waals surface area contributed by atoms with Crippen molar-refractivity contribution in [1.82, 2.24) is 5.32 Å². The Morgan fingerprint density at radius 2 is 1.85 bits per heavy atom. The molecular weight excluding hydrogens is 170 g/mol. The summed E-state index contributed by atoms with van der Waals surface area (Å²) in [5, 5.41) is 20.0. The number of amides is 1. The van der Waals surface area contributed by atoms with E-state index in [1.807, 2.05) is 20.8 Å². The Kier molecular flexibility index (Phi) is 4.95. The minimum Gasteiger partial charge on any atom is -0.394 e. The molecule has 78 valence electrons. The Hall–Kier alpha value is -0.610. The smallest absolute Gasteiger partial charge is 0.226 e. The fourth-order valence-corrected chi connectivity index (χ4v) is 0.690. The van der Waals surface area contributed by atoms with Gasteiger partial charge in [-0.1, -0.05) is 20.8 Å². The Morgan fingerprint density at radius 1 is 1.38 bits per heavy atom. The van der Waals surface area contributed by atoms with Crippen LogP contribution in [0.25, 0.3) is 0 Å². The molecule has 13 heavy (non-hydrogen) atoms. The van der Waals surface area contributed by atoms with Crippen LogP contribution in [0.5, 0.6) is 0 Å². The summed E-state index contributed by atoms with van der Waals surface area (Å²) in [5.41, 5.74) is -0.442. The van der Waals surface area contributed by atoms with Gasteiger partial charge in [-0.3, -0.25) is 4.79 Å². The van der Waals surface area contributed by atoms with Gasteiger partial charge in [0, 0.05) is 5.41 Å². The molecule has 0 aliphatic rings. The molecule has 0 saturated heterocycles. The Balaban J connectivity index is 4.13. The lowest BCUT2D eigenvalue weighted by Gasteiger charge is -2.24. The summed E-state index contributed by atoms with van der Waals surface area (Å²) >= 11 is 0. The summed E-state index contributed by atoms with van der Waals surface area (Å²) in [6.45, 7) is 5.11. The molecule has 0 saturated carbocycles. The molecule has 0 heterocycles. The van der Waals surface area contributed by atoms with Crippen LogP contribution in [0.4, 0.5) is 0 Å². The summed E-state index contributed by atoms with van der Waals surface area (Å²) < 4.78 is 0. The molecule has 0 aliphatic carbocycles. The number of nitrogens with one attached hydrogen (secondary N) is 1. The van der Waals surface area contributed by atoms with Gasteiger partial charge in [0.25, 0.3) is 0 Å². The third-order valence-corrected chi connectivity index (χ3v) is 2.27. The number of carbonyl (C=O) groups is 1. The van der Waals surface area contributed by atoms with E-state index in [0.717, 1.165) is 6.42 Å². The highest BCUT2D eigenvalue weighted by atomic mass is 16.3. The van der Waals surface area contributed by atoms with Gasteiger partial charge in [-0.05, 0) is 6.42 Å². The predicted octanol–water partition coefficient (Wildman–Crippen LogP) is -0.108. The van der Waals surface area contributed by atoms with Gasteiger partial charge in [0.2, 0.25) is 5.91 Å². The normalized spacial score (nSPS) is 11.8. The van der Waals surface area contributed by atoms with Crippen molar-refractivity contribution < 1.29 is 15.0 Å². The van der Waals surface area contributed by atoms with Crippen molar-refractivity contribution in [2.75, 3.05) is 13.2 Å². The van der Waals surface area contributed by atoms with E-state index in [-0.39, 0.29) is 19.1 Å². The largest absolute Gasteiger partial charge is 0.394 e. The number of aliphatic hydroxyl groups is 2. The van der Waals surface area contributed by atoms with Gasteiger partial charge in [0.1, 0.15) is 0 Å². The number of rotatable bonds is 5. The molecule has 0 aromatic carbocycles. The molecule has 0 aliphatic heterocycles. The van der Waals surface area contributed by atoms with Crippen molar-refractivity contribution in [1.29, 1.82) is 0 Å². The molecule has 0 rings (SSSR count). The van der Waals surface area contributed by atoms with Gasteiger partial charge in [0.05, 0.1) is 19.3 Å². The molecule has 0 spiro atoms. The van der Waals surface area contributed by atoms with E-state index < -0.39 is 11.5 Å². The van der Waals surface area contributed by atoms with Crippen LogP contribution in [0.2, 0.25) is 0 Å². The average molecular weight is 189 g/mol. The lowest BCUT2D eigenvalue weighted by Crippen LogP contribution is -2.46. The lowest BCUT2D eigenvalue weighted by molar-refractivity contribution is -0.130. The van der Waals surface area contributed by atoms with Crippen LogP contribution in [0, 0.1) is 5.41 Å². The molecule has 0 fully saturated rings. The van der Waals surface area contributed by atoms with Gasteiger partial charge < -0.3 is 15.5 Å². The van der Waals surface area contributed by atoms with E-state index in [4.69, 9.17) is 10.2 Å². The molecule has 3 N–H and O–H groups in total. The Labute approximate surface area is 79.0 Å². The van der Waals surface area contributed by atoms with E-state index >= 15 is 0 Å². The predicted molar refractivity (Wildman–Crippen MR) is 50.2 cm³/mol. The topological polar surface area (TPSA) is 69.6 Å². The first-order valence-electron chi connectivity index (χ1n) is 4.50. The molecule has 1 amide bonds. The highest BCUT2D eigenvalue weighted by Crippen LogP contribution is 2.19. The van der Waals surface area contributed by atoms with Crippen LogP contribution < -0.4 is 5.32 Å². The second kappa shape index (κ2) is 5.19. The maximum Gasteiger partial charge on any atom is 0.226 e. The first kappa shape index (κ1) is 12.4. The van der Waals surface area contributed by atoms with E-state index in [1.54, 1.807) is 0 Å². The third kappa shape index (κ3) is 3.74. The SMILES string of the molecule is CCC(C)(C)C(=O)NC(CO)CO. The van der Waals surface area contributed by atoms with Crippen LogP contribution in [0.15, 0.2) is 0 Å². The quantitative estimate of drug-likeness (QED) is 0.565. The van der Waals surface area contributed by atoms with Gasteiger partial charge >= 0.3 is 0 Å². The monoisotopic (exact) mass is 189 g/mol. The molecule has 0 aromatic rings. The van der Waals surface area contributed by atoms with E-state index in [1.165, 1.54) is 0 Å². The zero-order chi connectivity index (χ0) is 10.5. The highest BCUT2D eigenvalue weighted by Gasteiger charge is 2.26. The minimum atomic E-state index is -0.543. The minimum absolute atomic E-state index is 0.136. The molecule has 0 unspecified atom stereocenters. The van der Waals surface area contributed by atoms with Gasteiger partial charge in [-0.25, -0.2) is 0 Å². The molecule has 4 nitrogen and oxygen atoms in total. The van der Waals surface area contributed by atoms with Crippen molar-refractivity contribution in [3.63, 3.8) is 0 Å². The zero-order valence-corrected chi connectivity index (χ0v) is 8.50. The molecule has 0 aromatic heterocycles. The van der Waals surface area contributed by atoms with Crippen LogP contribution in [0.3, 0.4) is 0 Å². The summed E-state index contributed by atoms with van der Waals surface area (Å²) in [5.74, 6) is -0.136. The summed E-state index contributed by atoms with van der Waals surface area (Å²) in [6.07, 6.45) is 0.725. The number of hydrogen-bond acceptors (Lipinski definition) is 3. The maximum absolute atomic E-state index is 11.5. The van der Waals surface area contributed by atoms with Crippen molar-refractivity contribution >= 4 is 5.91 Å². The second-order valence-corrected chi connectivity index (χ2v) is 3.77. The van der Waals surface area contributed by atoms with Crippen molar-refractivity contribution in [3.8, 4) is 0 Å². The Bertz CT molecular complexity index is 164. The highest BCUT2D eigenvalue weighted by molar-refractivity contribution is 5.81. The third-order valence-electron chi connectivity index (χ3n) is 2.27. The van der Waals surface area contributed by atoms with Crippen LogP contribution >= 0.6 is 0 Å². The maximum atomic E-state index is 11.5. The molecular formula is C9H19NO3. The van der Waals surface area contributed by atoms with E-state index in [9.17, 15) is 4.79 Å². The van der Waals surface area contributed by atoms with E-state index in [0.29, 0.717) is 0 Å².